The minimum atomic E-state index is -0.698. The Hall–Kier alpha value is -0.570. The Morgan fingerprint density at radius 2 is 1.92 bits per heavy atom. The lowest BCUT2D eigenvalue weighted by Gasteiger charge is -2.25. The van der Waals surface area contributed by atoms with Crippen LogP contribution in [0.2, 0.25) is 0 Å². The Labute approximate surface area is 79.3 Å². The Kier molecular flexibility index (Phi) is 2.00. The van der Waals surface area contributed by atoms with E-state index < -0.39 is 16.9 Å². The maximum atomic E-state index is 11.1. The number of carboxylic acids is 1. The molecule has 3 heteroatoms. The summed E-state index contributed by atoms with van der Waals surface area (Å²) in [6.07, 6.45) is 1.30. The van der Waals surface area contributed by atoms with E-state index in [0.29, 0.717) is 6.42 Å². The molecule has 0 radical (unpaired) electrons. The Balaban J connectivity index is 2.81. The molecule has 1 aliphatic rings. The van der Waals surface area contributed by atoms with Crippen LogP contribution >= 0.6 is 0 Å². The lowest BCUT2D eigenvalue weighted by Crippen LogP contribution is -2.39. The largest absolute Gasteiger partial charge is 0.481 e. The average molecular weight is 185 g/mol. The minimum Gasteiger partial charge on any atom is -0.481 e. The number of hydrogen-bond acceptors (Lipinski definition) is 2. The van der Waals surface area contributed by atoms with Crippen LogP contribution in [0.4, 0.5) is 0 Å². The van der Waals surface area contributed by atoms with Crippen molar-refractivity contribution in [2.24, 2.45) is 16.6 Å². The maximum absolute atomic E-state index is 11.1. The van der Waals surface area contributed by atoms with Crippen molar-refractivity contribution in [1.29, 1.82) is 0 Å². The molecule has 0 aromatic heterocycles. The van der Waals surface area contributed by atoms with Crippen molar-refractivity contribution >= 4 is 5.97 Å². The van der Waals surface area contributed by atoms with Gasteiger partial charge in [-0.2, -0.15) is 0 Å². The Morgan fingerprint density at radius 3 is 2.00 bits per heavy atom. The molecule has 1 saturated carbocycles. The normalized spacial score (nSPS) is 31.5. The topological polar surface area (TPSA) is 63.3 Å². The molecule has 0 amide bonds. The van der Waals surface area contributed by atoms with Gasteiger partial charge < -0.3 is 10.8 Å². The second-order valence-electron chi connectivity index (χ2n) is 5.61. The Bertz CT molecular complexity index is 240. The van der Waals surface area contributed by atoms with Crippen LogP contribution in [0.5, 0.6) is 0 Å². The molecule has 1 rings (SSSR count). The SMILES string of the molecule is CC(C)(N)CC1(C(=O)O)CC1(C)C. The van der Waals surface area contributed by atoms with E-state index in [1.807, 2.05) is 27.7 Å². The number of rotatable bonds is 3. The molecule has 76 valence electrons. The van der Waals surface area contributed by atoms with E-state index in [2.05, 4.69) is 0 Å². The predicted octanol–water partition coefficient (Wildman–Crippen LogP) is 1.61. The molecule has 0 aromatic carbocycles. The fourth-order valence-electron chi connectivity index (χ4n) is 2.23. The molecule has 3 nitrogen and oxygen atoms in total. The van der Waals surface area contributed by atoms with Crippen molar-refractivity contribution < 1.29 is 9.90 Å². The maximum Gasteiger partial charge on any atom is 0.310 e. The van der Waals surface area contributed by atoms with Gasteiger partial charge in [-0.1, -0.05) is 13.8 Å². The van der Waals surface area contributed by atoms with Crippen molar-refractivity contribution in [3.8, 4) is 0 Å². The van der Waals surface area contributed by atoms with Crippen molar-refractivity contribution in [3.63, 3.8) is 0 Å². The molecule has 3 N–H and O–H groups in total. The average Bonchev–Trinajstić information content (AvgIpc) is 2.30. The number of carboxylic acid groups (broad SMARTS) is 1. The number of nitrogens with two attached hydrogens (primary N) is 1. The minimum absolute atomic E-state index is 0.0878. The first kappa shape index (κ1) is 10.5. The molecule has 0 bridgehead atoms. The van der Waals surface area contributed by atoms with Crippen LogP contribution < -0.4 is 5.73 Å². The van der Waals surface area contributed by atoms with Crippen molar-refractivity contribution in [2.45, 2.75) is 46.1 Å². The molecule has 0 heterocycles. The predicted molar refractivity (Wildman–Crippen MR) is 51.4 cm³/mol. The van der Waals surface area contributed by atoms with Gasteiger partial charge in [-0.25, -0.2) is 0 Å². The molecule has 1 aliphatic carbocycles. The van der Waals surface area contributed by atoms with E-state index in [1.165, 1.54) is 0 Å². The van der Waals surface area contributed by atoms with Crippen molar-refractivity contribution in [3.05, 3.63) is 0 Å². The molecule has 0 aliphatic heterocycles. The van der Waals surface area contributed by atoms with Gasteiger partial charge in [-0.05, 0) is 32.1 Å². The summed E-state index contributed by atoms with van der Waals surface area (Å²) >= 11 is 0. The van der Waals surface area contributed by atoms with Crippen LogP contribution in [-0.4, -0.2) is 16.6 Å². The third-order valence-electron chi connectivity index (χ3n) is 3.08. The van der Waals surface area contributed by atoms with Crippen molar-refractivity contribution in [1.82, 2.24) is 0 Å². The summed E-state index contributed by atoms with van der Waals surface area (Å²) in [5.74, 6) is -0.698. The quantitative estimate of drug-likeness (QED) is 0.702. The third-order valence-corrected chi connectivity index (χ3v) is 3.08. The first-order valence-corrected chi connectivity index (χ1v) is 4.63. The molecule has 1 atom stereocenters. The zero-order valence-electron chi connectivity index (χ0n) is 8.85. The van der Waals surface area contributed by atoms with E-state index in [4.69, 9.17) is 10.8 Å². The van der Waals surface area contributed by atoms with Gasteiger partial charge >= 0.3 is 5.97 Å². The summed E-state index contributed by atoms with van der Waals surface area (Å²) < 4.78 is 0. The summed E-state index contributed by atoms with van der Waals surface area (Å²) in [5.41, 5.74) is 4.79. The van der Waals surface area contributed by atoms with Crippen LogP contribution in [0.3, 0.4) is 0 Å². The highest BCUT2D eigenvalue weighted by atomic mass is 16.4. The number of aliphatic carboxylic acids is 1. The van der Waals surface area contributed by atoms with Gasteiger partial charge in [0.1, 0.15) is 0 Å². The highest BCUT2D eigenvalue weighted by Gasteiger charge is 2.67. The highest BCUT2D eigenvalue weighted by Crippen LogP contribution is 2.66. The Morgan fingerprint density at radius 1 is 1.54 bits per heavy atom. The zero-order chi connectivity index (χ0) is 10.5. The fourth-order valence-corrected chi connectivity index (χ4v) is 2.23. The second kappa shape index (κ2) is 2.47. The summed E-state index contributed by atoms with van der Waals surface area (Å²) in [4.78, 5) is 11.1. The first-order chi connectivity index (χ1) is 5.61. The summed E-state index contributed by atoms with van der Waals surface area (Å²) in [7, 11) is 0. The molecule has 0 aromatic rings. The molecule has 0 saturated heterocycles. The molecule has 13 heavy (non-hydrogen) atoms. The van der Waals surface area contributed by atoms with E-state index in [-0.39, 0.29) is 5.41 Å². The van der Waals surface area contributed by atoms with Gasteiger partial charge in [0, 0.05) is 5.54 Å². The van der Waals surface area contributed by atoms with Crippen LogP contribution in [0.15, 0.2) is 0 Å². The first-order valence-electron chi connectivity index (χ1n) is 4.63. The standard InChI is InChI=1S/C10H19NO2/c1-8(2)5-10(8,7(12)13)6-9(3,4)11/h5-6,11H2,1-4H3,(H,12,13). The summed E-state index contributed by atoms with van der Waals surface area (Å²) in [6, 6.07) is 0. The zero-order valence-corrected chi connectivity index (χ0v) is 8.85. The van der Waals surface area contributed by atoms with Crippen LogP contribution in [0, 0.1) is 10.8 Å². The van der Waals surface area contributed by atoms with E-state index in [1.54, 1.807) is 0 Å². The van der Waals surface area contributed by atoms with Gasteiger partial charge in [0.15, 0.2) is 0 Å². The van der Waals surface area contributed by atoms with Gasteiger partial charge in [0.05, 0.1) is 5.41 Å². The van der Waals surface area contributed by atoms with E-state index >= 15 is 0 Å². The van der Waals surface area contributed by atoms with Crippen molar-refractivity contribution in [2.75, 3.05) is 0 Å². The number of hydrogen-bond donors (Lipinski definition) is 2. The molecular formula is C10H19NO2. The van der Waals surface area contributed by atoms with Crippen LogP contribution in [0.25, 0.3) is 0 Å². The lowest BCUT2D eigenvalue weighted by molar-refractivity contribution is -0.145. The monoisotopic (exact) mass is 185 g/mol. The van der Waals surface area contributed by atoms with E-state index in [0.717, 1.165) is 6.42 Å². The molecular weight excluding hydrogens is 166 g/mol. The summed E-state index contributed by atoms with van der Waals surface area (Å²) in [5, 5.41) is 9.15. The highest BCUT2D eigenvalue weighted by molar-refractivity contribution is 5.80. The molecule has 0 spiro atoms. The van der Waals surface area contributed by atoms with Gasteiger partial charge in [-0.15, -0.1) is 0 Å². The smallest absolute Gasteiger partial charge is 0.310 e. The second-order valence-corrected chi connectivity index (χ2v) is 5.61. The summed E-state index contributed by atoms with van der Waals surface area (Å²) in [6.45, 7) is 7.75. The fraction of sp³-hybridized carbons (Fsp3) is 0.900. The van der Waals surface area contributed by atoms with Gasteiger partial charge in [0.2, 0.25) is 0 Å². The third kappa shape index (κ3) is 1.70. The van der Waals surface area contributed by atoms with Gasteiger partial charge in [-0.3, -0.25) is 4.79 Å². The van der Waals surface area contributed by atoms with Crippen LogP contribution in [-0.2, 0) is 4.79 Å². The van der Waals surface area contributed by atoms with E-state index in [9.17, 15) is 4.79 Å². The van der Waals surface area contributed by atoms with Gasteiger partial charge in [0.25, 0.3) is 0 Å². The van der Waals surface area contributed by atoms with Crippen LogP contribution in [0.1, 0.15) is 40.5 Å². The molecule has 1 fully saturated rings. The number of carbonyl (C=O) groups is 1. The lowest BCUT2D eigenvalue weighted by atomic mass is 9.83. The molecule has 1 unspecified atom stereocenters.